The van der Waals surface area contributed by atoms with Crippen LogP contribution in [0.3, 0.4) is 0 Å². The Balaban J connectivity index is 1.98. The Morgan fingerprint density at radius 1 is 1.25 bits per heavy atom. The van der Waals surface area contributed by atoms with Crippen LogP contribution >= 0.6 is 0 Å². The minimum Gasteiger partial charge on any atom is -0.471 e. The molecule has 0 saturated carbocycles. The summed E-state index contributed by atoms with van der Waals surface area (Å²) in [5.74, 6) is -3.21. The summed E-state index contributed by atoms with van der Waals surface area (Å²) in [5.41, 5.74) is 1.75. The van der Waals surface area contributed by atoms with Crippen LogP contribution in [-0.4, -0.2) is 34.2 Å². The smallest absolute Gasteiger partial charge is 0.278 e. The van der Waals surface area contributed by atoms with Crippen molar-refractivity contribution >= 4 is 11.7 Å². The lowest BCUT2D eigenvalue weighted by Crippen LogP contribution is -2.27. The van der Waals surface area contributed by atoms with Gasteiger partial charge in [0.1, 0.15) is 5.78 Å². The first-order valence-corrected chi connectivity index (χ1v) is 8.92. The molecule has 1 unspecified atom stereocenters. The maximum atomic E-state index is 12.8. The SMILES string of the molecule is CCC(=O)Cc1cc(C(C)NC(=O)c2ccc(OCC(C)(F)F)nc2)ccn1. The fourth-order valence-corrected chi connectivity index (χ4v) is 2.35. The molecule has 0 radical (unpaired) electrons. The third kappa shape index (κ3) is 6.68. The van der Waals surface area contributed by atoms with Gasteiger partial charge in [-0.2, -0.15) is 0 Å². The van der Waals surface area contributed by atoms with E-state index in [0.717, 1.165) is 12.5 Å². The molecule has 8 heteroatoms. The highest BCUT2D eigenvalue weighted by molar-refractivity contribution is 5.94. The van der Waals surface area contributed by atoms with Crippen LogP contribution < -0.4 is 10.1 Å². The molecule has 150 valence electrons. The third-order valence-corrected chi connectivity index (χ3v) is 3.93. The van der Waals surface area contributed by atoms with E-state index in [-0.39, 0.29) is 35.6 Å². The maximum Gasteiger partial charge on any atom is 0.278 e. The van der Waals surface area contributed by atoms with E-state index in [1.165, 1.54) is 18.3 Å². The molecule has 0 bridgehead atoms. The van der Waals surface area contributed by atoms with E-state index in [2.05, 4.69) is 15.3 Å². The van der Waals surface area contributed by atoms with Crippen molar-refractivity contribution in [3.63, 3.8) is 0 Å². The van der Waals surface area contributed by atoms with Gasteiger partial charge in [0.05, 0.1) is 11.6 Å². The number of carbonyl (C=O) groups excluding carboxylic acids is 2. The highest BCUT2D eigenvalue weighted by Gasteiger charge is 2.22. The molecule has 0 aliphatic heterocycles. The number of ether oxygens (including phenoxy) is 1. The van der Waals surface area contributed by atoms with Crippen LogP contribution in [0.1, 0.15) is 54.8 Å². The molecule has 2 rings (SSSR count). The third-order valence-electron chi connectivity index (χ3n) is 3.93. The van der Waals surface area contributed by atoms with Gasteiger partial charge in [0.15, 0.2) is 6.61 Å². The van der Waals surface area contributed by atoms with Crippen LogP contribution in [0.2, 0.25) is 0 Å². The Morgan fingerprint density at radius 2 is 2.00 bits per heavy atom. The maximum absolute atomic E-state index is 12.8. The summed E-state index contributed by atoms with van der Waals surface area (Å²) in [6.07, 6.45) is 3.57. The molecule has 0 aliphatic rings. The molecule has 0 aromatic carbocycles. The Labute approximate surface area is 162 Å². The first-order valence-electron chi connectivity index (χ1n) is 8.92. The topological polar surface area (TPSA) is 81.2 Å². The van der Waals surface area contributed by atoms with Crippen LogP contribution in [0.15, 0.2) is 36.7 Å². The predicted octanol–water partition coefficient (Wildman–Crippen LogP) is 3.52. The molecule has 1 amide bonds. The van der Waals surface area contributed by atoms with E-state index in [9.17, 15) is 18.4 Å². The van der Waals surface area contributed by atoms with Gasteiger partial charge < -0.3 is 10.1 Å². The monoisotopic (exact) mass is 391 g/mol. The fourth-order valence-electron chi connectivity index (χ4n) is 2.35. The van der Waals surface area contributed by atoms with Gasteiger partial charge in [-0.25, -0.2) is 13.8 Å². The average molecular weight is 391 g/mol. The number of Topliss-reactive ketones (excluding diaryl/α,β-unsaturated/α-hetero) is 1. The van der Waals surface area contributed by atoms with Crippen LogP contribution in [0.5, 0.6) is 5.88 Å². The van der Waals surface area contributed by atoms with Gasteiger partial charge in [-0.1, -0.05) is 6.92 Å². The van der Waals surface area contributed by atoms with Gasteiger partial charge in [0.2, 0.25) is 5.88 Å². The summed E-state index contributed by atoms with van der Waals surface area (Å²) in [6.45, 7) is 3.58. The lowest BCUT2D eigenvalue weighted by Gasteiger charge is -2.15. The zero-order valence-corrected chi connectivity index (χ0v) is 16.0. The minimum absolute atomic E-state index is 0.0190. The van der Waals surface area contributed by atoms with Crippen LogP contribution in [0.4, 0.5) is 8.78 Å². The molecule has 0 fully saturated rings. The van der Waals surface area contributed by atoms with Gasteiger partial charge in [-0.3, -0.25) is 14.6 Å². The second-order valence-corrected chi connectivity index (χ2v) is 6.59. The first-order chi connectivity index (χ1) is 13.2. The van der Waals surface area contributed by atoms with Gasteiger partial charge >= 0.3 is 0 Å². The highest BCUT2D eigenvalue weighted by atomic mass is 19.3. The van der Waals surface area contributed by atoms with Crippen molar-refractivity contribution in [2.24, 2.45) is 0 Å². The molecule has 2 aromatic rings. The predicted molar refractivity (Wildman–Crippen MR) is 99.5 cm³/mol. The standard InChI is InChI=1S/C20H23F2N3O3/c1-4-17(26)10-16-9-14(7-8-23-16)13(2)25-19(27)15-5-6-18(24-11-15)28-12-20(3,21)22/h5-9,11,13H,4,10,12H2,1-3H3,(H,25,27). The average Bonchev–Trinajstić information content (AvgIpc) is 2.66. The van der Waals surface area contributed by atoms with E-state index >= 15 is 0 Å². The zero-order chi connectivity index (χ0) is 20.7. The molecule has 1 N–H and O–H groups in total. The van der Waals surface area contributed by atoms with E-state index in [0.29, 0.717) is 12.1 Å². The fraction of sp³-hybridized carbons (Fsp3) is 0.400. The molecule has 0 spiro atoms. The van der Waals surface area contributed by atoms with E-state index in [1.807, 2.05) is 6.92 Å². The van der Waals surface area contributed by atoms with E-state index < -0.39 is 12.5 Å². The molecule has 0 saturated heterocycles. The Morgan fingerprint density at radius 3 is 2.61 bits per heavy atom. The molecule has 1 atom stereocenters. The summed E-state index contributed by atoms with van der Waals surface area (Å²) in [7, 11) is 0. The Bertz CT molecular complexity index is 820. The summed E-state index contributed by atoms with van der Waals surface area (Å²) in [6, 6.07) is 6.06. The first kappa shape index (κ1) is 21.4. The molecule has 28 heavy (non-hydrogen) atoms. The van der Waals surface area contributed by atoms with Crippen molar-refractivity contribution in [3.8, 4) is 5.88 Å². The minimum atomic E-state index is -2.96. The number of nitrogens with zero attached hydrogens (tertiary/aromatic N) is 2. The number of amides is 1. The lowest BCUT2D eigenvalue weighted by atomic mass is 10.1. The molecule has 2 heterocycles. The van der Waals surface area contributed by atoms with E-state index in [4.69, 9.17) is 4.74 Å². The number of ketones is 1. The van der Waals surface area contributed by atoms with Crippen LogP contribution in [0.25, 0.3) is 0 Å². The number of halogens is 2. The molecule has 0 aliphatic carbocycles. The normalized spacial score (nSPS) is 12.3. The van der Waals surface area contributed by atoms with Crippen molar-refractivity contribution < 1.29 is 23.1 Å². The van der Waals surface area contributed by atoms with Crippen molar-refractivity contribution in [1.82, 2.24) is 15.3 Å². The van der Waals surface area contributed by atoms with E-state index in [1.54, 1.807) is 25.3 Å². The van der Waals surface area contributed by atoms with Crippen molar-refractivity contribution in [1.29, 1.82) is 0 Å². The van der Waals surface area contributed by atoms with Crippen molar-refractivity contribution in [2.45, 2.75) is 45.6 Å². The quantitative estimate of drug-likeness (QED) is 0.707. The van der Waals surface area contributed by atoms with Gasteiger partial charge in [0, 0.05) is 43.9 Å². The molecule has 2 aromatic heterocycles. The van der Waals surface area contributed by atoms with Crippen molar-refractivity contribution in [3.05, 3.63) is 53.5 Å². The van der Waals surface area contributed by atoms with Gasteiger partial charge in [-0.05, 0) is 30.7 Å². The number of rotatable bonds is 9. The highest BCUT2D eigenvalue weighted by Crippen LogP contribution is 2.17. The van der Waals surface area contributed by atoms with Gasteiger partial charge in [0.25, 0.3) is 11.8 Å². The second-order valence-electron chi connectivity index (χ2n) is 6.59. The molecular formula is C20H23F2N3O3. The van der Waals surface area contributed by atoms with Crippen LogP contribution in [0, 0.1) is 0 Å². The Kier molecular flexibility index (Phi) is 7.14. The second kappa shape index (κ2) is 9.34. The summed E-state index contributed by atoms with van der Waals surface area (Å²) < 4.78 is 30.5. The summed E-state index contributed by atoms with van der Waals surface area (Å²) in [4.78, 5) is 32.0. The van der Waals surface area contributed by atoms with Gasteiger partial charge in [-0.15, -0.1) is 0 Å². The number of aromatic nitrogens is 2. The zero-order valence-electron chi connectivity index (χ0n) is 16.0. The summed E-state index contributed by atoms with van der Waals surface area (Å²) >= 11 is 0. The molecule has 6 nitrogen and oxygen atoms in total. The number of carbonyl (C=O) groups is 2. The largest absolute Gasteiger partial charge is 0.471 e. The Hall–Kier alpha value is -2.90. The lowest BCUT2D eigenvalue weighted by molar-refractivity contribution is -0.118. The van der Waals surface area contributed by atoms with Crippen molar-refractivity contribution in [2.75, 3.05) is 6.61 Å². The number of pyridine rings is 2. The number of alkyl halides is 2. The summed E-state index contributed by atoms with van der Waals surface area (Å²) in [5, 5.41) is 2.83. The number of hydrogen-bond acceptors (Lipinski definition) is 5. The number of nitrogens with one attached hydrogen (secondary N) is 1. The number of hydrogen-bond donors (Lipinski definition) is 1. The van der Waals surface area contributed by atoms with Crippen LogP contribution in [-0.2, 0) is 11.2 Å². The molecular weight excluding hydrogens is 368 g/mol.